The van der Waals surface area contributed by atoms with Crippen molar-refractivity contribution in [3.63, 3.8) is 0 Å². The zero-order valence-corrected chi connectivity index (χ0v) is 8.46. The van der Waals surface area contributed by atoms with E-state index in [0.717, 1.165) is 26.1 Å². The van der Waals surface area contributed by atoms with Gasteiger partial charge in [0.25, 0.3) is 0 Å². The molecule has 2 aliphatic carbocycles. The van der Waals surface area contributed by atoms with E-state index in [-0.39, 0.29) is 5.60 Å². The lowest BCUT2D eigenvalue weighted by Crippen LogP contribution is -2.18. The van der Waals surface area contributed by atoms with Gasteiger partial charge in [-0.05, 0) is 31.1 Å². The summed E-state index contributed by atoms with van der Waals surface area (Å²) < 4.78 is 5.40. The molecule has 0 bridgehead atoms. The molecule has 0 aromatic rings. The molecule has 0 heterocycles. The van der Waals surface area contributed by atoms with Crippen molar-refractivity contribution >= 4 is 0 Å². The van der Waals surface area contributed by atoms with Crippen LogP contribution in [-0.2, 0) is 4.74 Å². The topological polar surface area (TPSA) is 29.5 Å². The Kier molecular flexibility index (Phi) is 2.61. The largest absolute Gasteiger partial charge is 0.389 e. The molecule has 2 saturated carbocycles. The molecule has 2 nitrogen and oxygen atoms in total. The van der Waals surface area contributed by atoms with Crippen molar-refractivity contribution in [1.29, 1.82) is 0 Å². The van der Waals surface area contributed by atoms with Crippen LogP contribution in [0.25, 0.3) is 0 Å². The second-order valence-electron chi connectivity index (χ2n) is 4.50. The first kappa shape index (κ1) is 9.47. The van der Waals surface area contributed by atoms with E-state index in [9.17, 15) is 5.11 Å². The molecule has 2 fully saturated rings. The second kappa shape index (κ2) is 3.58. The predicted molar refractivity (Wildman–Crippen MR) is 51.5 cm³/mol. The first-order valence-electron chi connectivity index (χ1n) is 5.59. The second-order valence-corrected chi connectivity index (χ2v) is 4.50. The third-order valence-electron chi connectivity index (χ3n) is 3.69. The van der Waals surface area contributed by atoms with E-state index in [1.807, 2.05) is 0 Å². The molecule has 0 spiro atoms. The molecular formula is C11H20O2. The Hall–Kier alpha value is -0.0800. The molecule has 0 aromatic carbocycles. The van der Waals surface area contributed by atoms with Gasteiger partial charge in [-0.2, -0.15) is 0 Å². The third kappa shape index (κ3) is 1.62. The molecule has 2 atom stereocenters. The summed E-state index contributed by atoms with van der Waals surface area (Å²) in [5, 5.41) is 10.1. The van der Waals surface area contributed by atoms with Gasteiger partial charge in [0.05, 0.1) is 5.60 Å². The van der Waals surface area contributed by atoms with Crippen LogP contribution in [-0.4, -0.2) is 23.9 Å². The highest BCUT2D eigenvalue weighted by Crippen LogP contribution is 2.62. The Morgan fingerprint density at radius 3 is 2.62 bits per heavy atom. The summed E-state index contributed by atoms with van der Waals surface area (Å²) in [6.07, 6.45) is 5.75. The maximum atomic E-state index is 10.1. The number of aliphatic hydroxyl groups is 1. The minimum atomic E-state index is -0.314. The predicted octanol–water partition coefficient (Wildman–Crippen LogP) is 1.96. The van der Waals surface area contributed by atoms with E-state index in [2.05, 4.69) is 6.92 Å². The normalized spacial score (nSPS) is 42.0. The van der Waals surface area contributed by atoms with Gasteiger partial charge in [0.15, 0.2) is 0 Å². The smallest absolute Gasteiger partial charge is 0.0733 e. The molecule has 1 N–H and O–H groups in total. The van der Waals surface area contributed by atoms with Gasteiger partial charge in [0.2, 0.25) is 0 Å². The maximum Gasteiger partial charge on any atom is 0.0733 e. The van der Waals surface area contributed by atoms with Crippen LogP contribution in [0.15, 0.2) is 0 Å². The van der Waals surface area contributed by atoms with Crippen molar-refractivity contribution in [3.05, 3.63) is 0 Å². The van der Waals surface area contributed by atoms with Crippen LogP contribution in [0.2, 0.25) is 0 Å². The summed E-state index contributed by atoms with van der Waals surface area (Å²) in [7, 11) is 0. The molecule has 0 amide bonds. The van der Waals surface area contributed by atoms with Crippen LogP contribution in [0.4, 0.5) is 0 Å². The Morgan fingerprint density at radius 2 is 2.00 bits per heavy atom. The summed E-state index contributed by atoms with van der Waals surface area (Å²) in [6, 6.07) is 0. The first-order valence-corrected chi connectivity index (χ1v) is 5.59. The third-order valence-corrected chi connectivity index (χ3v) is 3.69. The lowest BCUT2D eigenvalue weighted by atomic mass is 10.1. The molecule has 0 aromatic heterocycles. The van der Waals surface area contributed by atoms with Crippen LogP contribution in [0.5, 0.6) is 0 Å². The molecule has 76 valence electrons. The van der Waals surface area contributed by atoms with Crippen molar-refractivity contribution in [1.82, 2.24) is 0 Å². The Balaban J connectivity index is 1.66. The summed E-state index contributed by atoms with van der Waals surface area (Å²) in [5.41, 5.74) is -0.314. The quantitative estimate of drug-likeness (QED) is 0.662. The van der Waals surface area contributed by atoms with Crippen LogP contribution in [0.1, 0.15) is 39.0 Å². The molecule has 0 radical (unpaired) electrons. The van der Waals surface area contributed by atoms with Crippen molar-refractivity contribution in [2.45, 2.75) is 44.6 Å². The average Bonchev–Trinajstić information content (AvgIpc) is 2.57. The standard InChI is InChI=1S/C11H20O2/c1-2-7-13-8-6-11(12)9-4-3-5-10(9)11/h9-10,12H,2-8H2,1H3. The van der Waals surface area contributed by atoms with Crippen LogP contribution in [0, 0.1) is 11.8 Å². The fourth-order valence-corrected chi connectivity index (χ4v) is 2.90. The Morgan fingerprint density at radius 1 is 1.31 bits per heavy atom. The fraction of sp³-hybridized carbons (Fsp3) is 1.00. The molecule has 2 unspecified atom stereocenters. The fourth-order valence-electron chi connectivity index (χ4n) is 2.90. The number of hydrogen-bond acceptors (Lipinski definition) is 2. The van der Waals surface area contributed by atoms with E-state index in [4.69, 9.17) is 4.74 Å². The number of rotatable bonds is 5. The van der Waals surface area contributed by atoms with Gasteiger partial charge in [-0.3, -0.25) is 0 Å². The van der Waals surface area contributed by atoms with Crippen molar-refractivity contribution in [2.75, 3.05) is 13.2 Å². The molecule has 2 rings (SSSR count). The molecular weight excluding hydrogens is 164 g/mol. The van der Waals surface area contributed by atoms with E-state index in [1.54, 1.807) is 0 Å². The van der Waals surface area contributed by atoms with E-state index in [0.29, 0.717) is 11.8 Å². The highest BCUT2D eigenvalue weighted by molar-refractivity contribution is 5.14. The summed E-state index contributed by atoms with van der Waals surface area (Å²) in [6.45, 7) is 3.70. The number of ether oxygens (including phenoxy) is 1. The van der Waals surface area contributed by atoms with Crippen LogP contribution < -0.4 is 0 Å². The van der Waals surface area contributed by atoms with Crippen molar-refractivity contribution in [3.8, 4) is 0 Å². The van der Waals surface area contributed by atoms with Gasteiger partial charge in [0, 0.05) is 19.6 Å². The SMILES string of the molecule is CCCOCCC1(O)C2CCCC21. The number of hydrogen-bond donors (Lipinski definition) is 1. The zero-order chi connectivity index (χ0) is 9.31. The summed E-state index contributed by atoms with van der Waals surface area (Å²) >= 11 is 0. The molecule has 2 aliphatic rings. The average molecular weight is 184 g/mol. The zero-order valence-electron chi connectivity index (χ0n) is 8.46. The molecule has 13 heavy (non-hydrogen) atoms. The lowest BCUT2D eigenvalue weighted by molar-refractivity contribution is 0.0465. The summed E-state index contributed by atoms with van der Waals surface area (Å²) in [4.78, 5) is 0. The van der Waals surface area contributed by atoms with Gasteiger partial charge in [-0.1, -0.05) is 13.3 Å². The monoisotopic (exact) mass is 184 g/mol. The summed E-state index contributed by atoms with van der Waals surface area (Å²) in [5.74, 6) is 1.25. The van der Waals surface area contributed by atoms with Gasteiger partial charge in [-0.15, -0.1) is 0 Å². The van der Waals surface area contributed by atoms with E-state index >= 15 is 0 Å². The lowest BCUT2D eigenvalue weighted by Gasteiger charge is -2.13. The maximum absolute atomic E-state index is 10.1. The molecule has 0 aliphatic heterocycles. The molecule has 2 heteroatoms. The Labute approximate surface area is 80.3 Å². The van der Waals surface area contributed by atoms with Crippen molar-refractivity contribution < 1.29 is 9.84 Å². The van der Waals surface area contributed by atoms with Crippen molar-refractivity contribution in [2.24, 2.45) is 11.8 Å². The van der Waals surface area contributed by atoms with E-state index in [1.165, 1.54) is 19.3 Å². The van der Waals surface area contributed by atoms with Gasteiger partial charge < -0.3 is 9.84 Å². The van der Waals surface area contributed by atoms with Gasteiger partial charge in [0.1, 0.15) is 0 Å². The molecule has 0 saturated heterocycles. The number of fused-ring (bicyclic) bond motifs is 1. The highest BCUT2D eigenvalue weighted by atomic mass is 16.5. The Bertz CT molecular complexity index is 169. The minimum absolute atomic E-state index is 0.314. The van der Waals surface area contributed by atoms with E-state index < -0.39 is 0 Å². The van der Waals surface area contributed by atoms with Gasteiger partial charge >= 0.3 is 0 Å². The first-order chi connectivity index (χ1) is 6.29. The van der Waals surface area contributed by atoms with Gasteiger partial charge in [-0.25, -0.2) is 0 Å². The highest BCUT2D eigenvalue weighted by Gasteiger charge is 2.64. The minimum Gasteiger partial charge on any atom is -0.389 e. The van der Waals surface area contributed by atoms with Crippen LogP contribution in [0.3, 0.4) is 0 Å². The van der Waals surface area contributed by atoms with Crippen LogP contribution >= 0.6 is 0 Å².